The first-order valence-electron chi connectivity index (χ1n) is 7.76. The number of nitrogens with zero attached hydrogens (tertiary/aromatic N) is 3. The third-order valence-electron chi connectivity index (χ3n) is 4.26. The predicted molar refractivity (Wildman–Crippen MR) is 78.2 cm³/mol. The summed E-state index contributed by atoms with van der Waals surface area (Å²) >= 11 is 0. The Morgan fingerprint density at radius 3 is 2.74 bits per heavy atom. The highest BCUT2D eigenvalue weighted by Gasteiger charge is 2.35. The van der Waals surface area contributed by atoms with E-state index < -0.39 is 0 Å². The van der Waals surface area contributed by atoms with Gasteiger partial charge in [-0.25, -0.2) is 9.67 Å². The number of rotatable bonds is 7. The number of hydrogen-bond donors (Lipinski definition) is 1. The fraction of sp³-hybridized carbons (Fsp3) is 0.867. The fourth-order valence-corrected chi connectivity index (χ4v) is 3.24. The Balaban J connectivity index is 2.05. The van der Waals surface area contributed by atoms with Gasteiger partial charge in [0.15, 0.2) is 0 Å². The first kappa shape index (κ1) is 14.5. The van der Waals surface area contributed by atoms with Crippen molar-refractivity contribution in [2.24, 2.45) is 5.41 Å². The molecule has 19 heavy (non-hydrogen) atoms. The molecule has 1 fully saturated rings. The van der Waals surface area contributed by atoms with Crippen LogP contribution in [-0.4, -0.2) is 27.9 Å². The fourth-order valence-electron chi connectivity index (χ4n) is 3.24. The first-order chi connectivity index (χ1) is 9.17. The quantitative estimate of drug-likeness (QED) is 0.770. The van der Waals surface area contributed by atoms with Crippen LogP contribution in [0, 0.1) is 5.41 Å². The van der Waals surface area contributed by atoms with Crippen LogP contribution < -0.4 is 5.32 Å². The third-order valence-corrected chi connectivity index (χ3v) is 4.26. The minimum atomic E-state index is 0.402. The van der Waals surface area contributed by atoms with Crippen molar-refractivity contribution in [1.29, 1.82) is 0 Å². The molecule has 0 unspecified atom stereocenters. The minimum Gasteiger partial charge on any atom is -0.316 e. The summed E-state index contributed by atoms with van der Waals surface area (Å²) in [5.74, 6) is 1.16. The molecule has 4 heteroatoms. The Bertz CT molecular complexity index is 377. The number of hydrogen-bond acceptors (Lipinski definition) is 3. The number of nitrogens with one attached hydrogen (secondary N) is 1. The summed E-state index contributed by atoms with van der Waals surface area (Å²) in [7, 11) is 0. The van der Waals surface area contributed by atoms with Gasteiger partial charge in [-0.05, 0) is 45.1 Å². The molecule has 0 aliphatic heterocycles. The Morgan fingerprint density at radius 1 is 1.37 bits per heavy atom. The van der Waals surface area contributed by atoms with Crippen LogP contribution in [0.5, 0.6) is 0 Å². The van der Waals surface area contributed by atoms with Crippen LogP contribution in [0.25, 0.3) is 0 Å². The lowest BCUT2D eigenvalue weighted by molar-refractivity contribution is 0.265. The molecule has 0 spiro atoms. The van der Waals surface area contributed by atoms with Crippen LogP contribution in [0.3, 0.4) is 0 Å². The molecule has 0 atom stereocenters. The number of aromatic nitrogens is 3. The zero-order valence-electron chi connectivity index (χ0n) is 12.7. The van der Waals surface area contributed by atoms with Gasteiger partial charge in [0.2, 0.25) is 0 Å². The lowest BCUT2D eigenvalue weighted by Gasteiger charge is -2.29. The van der Waals surface area contributed by atoms with Crippen molar-refractivity contribution in [3.8, 4) is 0 Å². The van der Waals surface area contributed by atoms with E-state index in [0.717, 1.165) is 25.3 Å². The highest BCUT2D eigenvalue weighted by molar-refractivity contribution is 4.98. The second-order valence-corrected chi connectivity index (χ2v) is 6.28. The van der Waals surface area contributed by atoms with Crippen molar-refractivity contribution in [3.05, 3.63) is 12.2 Å². The zero-order valence-corrected chi connectivity index (χ0v) is 12.7. The monoisotopic (exact) mass is 264 g/mol. The van der Waals surface area contributed by atoms with Crippen molar-refractivity contribution < 1.29 is 0 Å². The van der Waals surface area contributed by atoms with Crippen LogP contribution in [-0.2, 0) is 6.42 Å². The van der Waals surface area contributed by atoms with Crippen LogP contribution in [0.4, 0.5) is 0 Å². The van der Waals surface area contributed by atoms with Gasteiger partial charge >= 0.3 is 0 Å². The topological polar surface area (TPSA) is 42.7 Å². The highest BCUT2D eigenvalue weighted by atomic mass is 15.3. The largest absolute Gasteiger partial charge is 0.316 e. The molecule has 0 aromatic carbocycles. The van der Waals surface area contributed by atoms with Crippen molar-refractivity contribution >= 4 is 0 Å². The maximum atomic E-state index is 4.50. The molecular weight excluding hydrogens is 236 g/mol. The average Bonchev–Trinajstić information content (AvgIpc) is 3.00. The SMILES string of the molecule is CCCNCC1(Cc2ncnn2C(C)C)CCCC1. The van der Waals surface area contributed by atoms with Gasteiger partial charge in [0.05, 0.1) is 0 Å². The van der Waals surface area contributed by atoms with E-state index in [1.807, 2.05) is 0 Å². The van der Waals surface area contributed by atoms with Gasteiger partial charge in [-0.1, -0.05) is 19.8 Å². The van der Waals surface area contributed by atoms with Gasteiger partial charge in [0.1, 0.15) is 12.2 Å². The standard InChI is InChI=1S/C15H28N4/c1-4-9-16-11-15(7-5-6-8-15)10-14-17-12-18-19(14)13(2)3/h12-13,16H,4-11H2,1-3H3. The molecule has 1 heterocycles. The van der Waals surface area contributed by atoms with E-state index in [-0.39, 0.29) is 0 Å². The second kappa shape index (κ2) is 6.51. The summed E-state index contributed by atoms with van der Waals surface area (Å²) in [6, 6.07) is 0.402. The molecule has 4 nitrogen and oxygen atoms in total. The molecule has 0 amide bonds. The molecule has 0 saturated heterocycles. The Hall–Kier alpha value is -0.900. The Labute approximate surface area is 117 Å². The molecule has 108 valence electrons. The molecule has 1 aromatic heterocycles. The van der Waals surface area contributed by atoms with Crippen molar-refractivity contribution in [1.82, 2.24) is 20.1 Å². The Morgan fingerprint density at radius 2 is 2.11 bits per heavy atom. The molecule has 1 aliphatic carbocycles. The highest BCUT2D eigenvalue weighted by Crippen LogP contribution is 2.40. The average molecular weight is 264 g/mol. The third kappa shape index (κ3) is 3.56. The van der Waals surface area contributed by atoms with E-state index in [1.165, 1.54) is 32.1 Å². The normalized spacial score (nSPS) is 18.3. The van der Waals surface area contributed by atoms with Gasteiger partial charge < -0.3 is 5.32 Å². The molecule has 1 aliphatic rings. The predicted octanol–water partition coefficient (Wildman–Crippen LogP) is 2.96. The smallest absolute Gasteiger partial charge is 0.138 e. The van der Waals surface area contributed by atoms with Gasteiger partial charge in [0, 0.05) is 19.0 Å². The summed E-state index contributed by atoms with van der Waals surface area (Å²) in [4.78, 5) is 4.50. The van der Waals surface area contributed by atoms with Crippen molar-refractivity contribution in [3.63, 3.8) is 0 Å². The summed E-state index contributed by atoms with van der Waals surface area (Å²) in [6.45, 7) is 8.83. The van der Waals surface area contributed by atoms with Crippen LogP contribution in [0.2, 0.25) is 0 Å². The van der Waals surface area contributed by atoms with E-state index in [9.17, 15) is 0 Å². The van der Waals surface area contributed by atoms with Gasteiger partial charge in [-0.15, -0.1) is 0 Å². The molecule has 2 rings (SSSR count). The van der Waals surface area contributed by atoms with Gasteiger partial charge in [0.25, 0.3) is 0 Å². The molecule has 1 aromatic rings. The summed E-state index contributed by atoms with van der Waals surface area (Å²) in [5.41, 5.74) is 0.412. The molecule has 0 radical (unpaired) electrons. The van der Waals surface area contributed by atoms with Crippen molar-refractivity contribution in [2.45, 2.75) is 65.3 Å². The van der Waals surface area contributed by atoms with Crippen LogP contribution in [0.1, 0.15) is 64.7 Å². The lowest BCUT2D eigenvalue weighted by atomic mass is 9.82. The summed E-state index contributed by atoms with van der Waals surface area (Å²) in [6.07, 6.45) is 9.37. The van der Waals surface area contributed by atoms with E-state index in [4.69, 9.17) is 0 Å². The molecule has 0 bridgehead atoms. The molecule has 1 saturated carbocycles. The van der Waals surface area contributed by atoms with Gasteiger partial charge in [-0.2, -0.15) is 5.10 Å². The summed E-state index contributed by atoms with van der Waals surface area (Å²) < 4.78 is 2.08. The van der Waals surface area contributed by atoms with E-state index in [1.54, 1.807) is 6.33 Å². The van der Waals surface area contributed by atoms with Gasteiger partial charge in [-0.3, -0.25) is 0 Å². The molecule has 1 N–H and O–H groups in total. The first-order valence-corrected chi connectivity index (χ1v) is 7.76. The zero-order chi connectivity index (χ0) is 13.7. The molecular formula is C15H28N4. The summed E-state index contributed by atoms with van der Waals surface area (Å²) in [5, 5.41) is 7.99. The second-order valence-electron chi connectivity index (χ2n) is 6.28. The Kier molecular flexibility index (Phi) is 4.97. The maximum Gasteiger partial charge on any atom is 0.138 e. The van der Waals surface area contributed by atoms with Crippen LogP contribution in [0.15, 0.2) is 6.33 Å². The lowest BCUT2D eigenvalue weighted by Crippen LogP contribution is -2.35. The minimum absolute atomic E-state index is 0.402. The van der Waals surface area contributed by atoms with E-state index in [2.05, 4.69) is 40.9 Å². The van der Waals surface area contributed by atoms with Crippen molar-refractivity contribution in [2.75, 3.05) is 13.1 Å². The van der Waals surface area contributed by atoms with E-state index in [0.29, 0.717) is 11.5 Å². The van der Waals surface area contributed by atoms with E-state index >= 15 is 0 Å². The maximum absolute atomic E-state index is 4.50. The van der Waals surface area contributed by atoms with Crippen LogP contribution >= 0.6 is 0 Å².